The van der Waals surface area contributed by atoms with Crippen molar-refractivity contribution in [3.05, 3.63) is 0 Å². The van der Waals surface area contributed by atoms with Crippen LogP contribution in [-0.2, 0) is 9.53 Å². The quantitative estimate of drug-likeness (QED) is 0.774. The number of ether oxygens (including phenoxy) is 1. The van der Waals surface area contributed by atoms with E-state index in [4.69, 9.17) is 4.74 Å². The molecule has 2 aliphatic heterocycles. The van der Waals surface area contributed by atoms with E-state index in [1.807, 2.05) is 6.92 Å². The van der Waals surface area contributed by atoms with Crippen LogP contribution >= 0.6 is 0 Å². The van der Waals surface area contributed by atoms with Gasteiger partial charge in [0.25, 0.3) is 0 Å². The lowest BCUT2D eigenvalue weighted by atomic mass is 9.89. The lowest BCUT2D eigenvalue weighted by Gasteiger charge is -2.39. The summed E-state index contributed by atoms with van der Waals surface area (Å²) in [5.74, 6) is -0.0688. The number of nitrogens with zero attached hydrogens (tertiary/aromatic N) is 2. The first-order valence-electron chi connectivity index (χ1n) is 7.62. The predicted molar refractivity (Wildman–Crippen MR) is 77.4 cm³/mol. The third kappa shape index (κ3) is 3.71. The highest BCUT2D eigenvalue weighted by molar-refractivity contribution is 5.78. The lowest BCUT2D eigenvalue weighted by molar-refractivity contribution is -0.145. The van der Waals surface area contributed by atoms with E-state index in [2.05, 4.69) is 30.6 Å². The van der Waals surface area contributed by atoms with E-state index in [1.54, 1.807) is 0 Å². The molecule has 0 unspecified atom stereocenters. The fraction of sp³-hybridized carbons (Fsp3) is 0.933. The van der Waals surface area contributed by atoms with Gasteiger partial charge >= 0.3 is 5.97 Å². The summed E-state index contributed by atoms with van der Waals surface area (Å²) in [4.78, 5) is 16.3. The Balaban J connectivity index is 1.79. The van der Waals surface area contributed by atoms with Gasteiger partial charge in [-0.2, -0.15) is 0 Å². The normalized spacial score (nSPS) is 31.4. The number of aliphatic hydroxyl groups is 1. The molecular weight excluding hydrogens is 256 g/mol. The number of hydrogen-bond acceptors (Lipinski definition) is 5. The molecule has 0 spiro atoms. The fourth-order valence-corrected chi connectivity index (χ4v) is 2.81. The van der Waals surface area contributed by atoms with Gasteiger partial charge in [0.05, 0.1) is 6.10 Å². The SMILES string of the molecule is C[C@@H]1C[C@H](N2CCN(C[C@@H](O)C(C)(C)C)CC2)C(=O)O1. The molecule has 0 aromatic rings. The molecule has 2 heterocycles. The Hall–Kier alpha value is -0.650. The van der Waals surface area contributed by atoms with Gasteiger partial charge in [-0.25, -0.2) is 0 Å². The van der Waals surface area contributed by atoms with Crippen LogP contribution in [0.1, 0.15) is 34.1 Å². The van der Waals surface area contributed by atoms with Gasteiger partial charge in [0.2, 0.25) is 0 Å². The number of β-amino-alcohol motifs (C(OH)–C–C–N with tert-alkyl or cyclic N) is 1. The van der Waals surface area contributed by atoms with Gasteiger partial charge in [0, 0.05) is 39.1 Å². The fourth-order valence-electron chi connectivity index (χ4n) is 2.81. The van der Waals surface area contributed by atoms with Crippen LogP contribution in [0, 0.1) is 5.41 Å². The molecular formula is C15H28N2O3. The summed E-state index contributed by atoms with van der Waals surface area (Å²) in [7, 11) is 0. The Morgan fingerprint density at radius 2 is 1.90 bits per heavy atom. The van der Waals surface area contributed by atoms with Crippen molar-refractivity contribution >= 4 is 5.97 Å². The molecule has 20 heavy (non-hydrogen) atoms. The molecule has 0 amide bonds. The first-order chi connectivity index (χ1) is 9.27. The van der Waals surface area contributed by atoms with Crippen LogP contribution in [0.25, 0.3) is 0 Å². The van der Waals surface area contributed by atoms with E-state index in [9.17, 15) is 9.90 Å². The van der Waals surface area contributed by atoms with Crippen LogP contribution < -0.4 is 0 Å². The lowest BCUT2D eigenvalue weighted by Crippen LogP contribution is -2.53. The Morgan fingerprint density at radius 1 is 1.30 bits per heavy atom. The number of hydrogen-bond donors (Lipinski definition) is 1. The predicted octanol–water partition coefficient (Wildman–Crippen LogP) is 0.715. The second-order valence-corrected chi connectivity index (χ2v) is 7.22. The maximum absolute atomic E-state index is 11.8. The number of piperazine rings is 1. The molecule has 0 bridgehead atoms. The van der Waals surface area contributed by atoms with E-state index in [-0.39, 0.29) is 29.6 Å². The average molecular weight is 284 g/mol. The maximum atomic E-state index is 11.8. The van der Waals surface area contributed by atoms with Crippen molar-refractivity contribution in [2.75, 3.05) is 32.7 Å². The molecule has 5 heteroatoms. The Bertz CT molecular complexity index is 346. The van der Waals surface area contributed by atoms with Crippen LogP contribution in [0.3, 0.4) is 0 Å². The molecule has 2 rings (SSSR count). The molecule has 0 radical (unpaired) electrons. The molecule has 2 fully saturated rings. The summed E-state index contributed by atoms with van der Waals surface area (Å²) in [6.07, 6.45) is 0.544. The van der Waals surface area contributed by atoms with Crippen LogP contribution in [0.5, 0.6) is 0 Å². The minimum atomic E-state index is -0.314. The summed E-state index contributed by atoms with van der Waals surface area (Å²) in [5.41, 5.74) is -0.0815. The topological polar surface area (TPSA) is 53.0 Å². The number of carbonyl (C=O) groups is 1. The summed E-state index contributed by atoms with van der Waals surface area (Å²) in [5, 5.41) is 10.2. The zero-order valence-electron chi connectivity index (χ0n) is 13.1. The van der Waals surface area contributed by atoms with Gasteiger partial charge in [-0.1, -0.05) is 20.8 Å². The number of aliphatic hydroxyl groups excluding tert-OH is 1. The molecule has 2 saturated heterocycles. The van der Waals surface area contributed by atoms with E-state index in [0.29, 0.717) is 6.54 Å². The average Bonchev–Trinajstić information content (AvgIpc) is 2.68. The monoisotopic (exact) mass is 284 g/mol. The van der Waals surface area contributed by atoms with Crippen molar-refractivity contribution < 1.29 is 14.6 Å². The smallest absolute Gasteiger partial charge is 0.323 e. The van der Waals surface area contributed by atoms with Crippen molar-refractivity contribution in [1.29, 1.82) is 0 Å². The maximum Gasteiger partial charge on any atom is 0.323 e. The standard InChI is InChI=1S/C15H28N2O3/c1-11-9-12(14(19)20-11)17-7-5-16(6-8-17)10-13(18)15(2,3)4/h11-13,18H,5-10H2,1-4H3/t11-,12+,13-/m1/s1. The zero-order valence-corrected chi connectivity index (χ0v) is 13.1. The van der Waals surface area contributed by atoms with Gasteiger partial charge in [0.1, 0.15) is 12.1 Å². The first kappa shape index (κ1) is 15.7. The third-order valence-corrected chi connectivity index (χ3v) is 4.42. The van der Waals surface area contributed by atoms with E-state index in [0.717, 1.165) is 32.6 Å². The highest BCUT2D eigenvalue weighted by Gasteiger charge is 2.38. The second kappa shape index (κ2) is 6.00. The number of cyclic esters (lactones) is 1. The summed E-state index contributed by atoms with van der Waals surface area (Å²) in [6.45, 7) is 12.4. The van der Waals surface area contributed by atoms with Crippen molar-refractivity contribution in [3.8, 4) is 0 Å². The number of carbonyl (C=O) groups excluding carboxylic acids is 1. The van der Waals surface area contributed by atoms with Crippen LogP contribution in [0.4, 0.5) is 0 Å². The molecule has 0 aromatic heterocycles. The van der Waals surface area contributed by atoms with Gasteiger partial charge in [-0.15, -0.1) is 0 Å². The van der Waals surface area contributed by atoms with Crippen molar-refractivity contribution in [1.82, 2.24) is 9.80 Å². The van der Waals surface area contributed by atoms with Gasteiger partial charge in [-0.3, -0.25) is 14.6 Å². The first-order valence-corrected chi connectivity index (χ1v) is 7.62. The van der Waals surface area contributed by atoms with E-state index < -0.39 is 0 Å². The van der Waals surface area contributed by atoms with Crippen LogP contribution in [-0.4, -0.2) is 71.8 Å². The van der Waals surface area contributed by atoms with Crippen molar-refractivity contribution in [2.45, 2.75) is 52.4 Å². The highest BCUT2D eigenvalue weighted by atomic mass is 16.6. The van der Waals surface area contributed by atoms with Crippen LogP contribution in [0.2, 0.25) is 0 Å². The molecule has 3 atom stereocenters. The van der Waals surface area contributed by atoms with E-state index >= 15 is 0 Å². The zero-order chi connectivity index (χ0) is 14.9. The Labute approximate surface area is 121 Å². The summed E-state index contributed by atoms with van der Waals surface area (Å²) < 4.78 is 5.23. The molecule has 1 N–H and O–H groups in total. The third-order valence-electron chi connectivity index (χ3n) is 4.42. The number of rotatable bonds is 3. The summed E-state index contributed by atoms with van der Waals surface area (Å²) >= 11 is 0. The molecule has 116 valence electrons. The molecule has 5 nitrogen and oxygen atoms in total. The van der Waals surface area contributed by atoms with Crippen molar-refractivity contribution in [3.63, 3.8) is 0 Å². The molecule has 0 aromatic carbocycles. The van der Waals surface area contributed by atoms with Gasteiger partial charge < -0.3 is 9.84 Å². The van der Waals surface area contributed by atoms with Gasteiger partial charge in [-0.05, 0) is 12.3 Å². The van der Waals surface area contributed by atoms with Crippen molar-refractivity contribution in [2.24, 2.45) is 5.41 Å². The highest BCUT2D eigenvalue weighted by Crippen LogP contribution is 2.23. The minimum Gasteiger partial charge on any atom is -0.461 e. The van der Waals surface area contributed by atoms with E-state index in [1.165, 1.54) is 0 Å². The largest absolute Gasteiger partial charge is 0.461 e. The van der Waals surface area contributed by atoms with Gasteiger partial charge in [0.15, 0.2) is 0 Å². The molecule has 0 saturated carbocycles. The molecule has 0 aliphatic carbocycles. The Kier molecular flexibility index (Phi) is 4.72. The summed E-state index contributed by atoms with van der Waals surface area (Å²) in [6, 6.07) is -0.0558. The second-order valence-electron chi connectivity index (χ2n) is 7.22. The molecule has 2 aliphatic rings. The minimum absolute atomic E-state index is 0.0493. The Morgan fingerprint density at radius 3 is 2.35 bits per heavy atom. The number of esters is 1. The van der Waals surface area contributed by atoms with Crippen LogP contribution in [0.15, 0.2) is 0 Å².